The zero-order valence-corrected chi connectivity index (χ0v) is 10.8. The van der Waals surface area contributed by atoms with Crippen molar-refractivity contribution < 1.29 is 17.2 Å². The van der Waals surface area contributed by atoms with Crippen LogP contribution in [0.2, 0.25) is 0 Å². The van der Waals surface area contributed by atoms with E-state index in [2.05, 4.69) is 4.18 Å². The summed E-state index contributed by atoms with van der Waals surface area (Å²) in [5, 5.41) is 1.48. The lowest BCUT2D eigenvalue weighted by Crippen LogP contribution is -2.10. The Balaban J connectivity index is 2.68. The van der Waals surface area contributed by atoms with Gasteiger partial charge in [-0.15, -0.1) is 0 Å². The van der Waals surface area contributed by atoms with Crippen molar-refractivity contribution in [3.8, 4) is 5.75 Å². The fourth-order valence-corrected chi connectivity index (χ4v) is 2.21. The molecule has 2 rings (SSSR count). The summed E-state index contributed by atoms with van der Waals surface area (Å²) in [4.78, 5) is 1.92. The third-order valence-corrected chi connectivity index (χ3v) is 2.93. The van der Waals surface area contributed by atoms with Crippen LogP contribution in [0.5, 0.6) is 5.75 Å². The average molecular weight is 267 g/mol. The first kappa shape index (κ1) is 12.7. The van der Waals surface area contributed by atoms with Gasteiger partial charge in [0.1, 0.15) is 0 Å². The number of rotatable bonds is 3. The van der Waals surface area contributed by atoms with Crippen molar-refractivity contribution in [1.82, 2.24) is 0 Å². The van der Waals surface area contributed by atoms with Gasteiger partial charge in [-0.25, -0.2) is 0 Å². The van der Waals surface area contributed by atoms with Crippen molar-refractivity contribution in [3.63, 3.8) is 0 Å². The molecule has 0 saturated heterocycles. The molecule has 0 unspecified atom stereocenters. The van der Waals surface area contributed by atoms with Gasteiger partial charge in [0.05, 0.1) is 0 Å². The van der Waals surface area contributed by atoms with Gasteiger partial charge in [-0.2, -0.15) is 8.42 Å². The van der Waals surface area contributed by atoms with Crippen LogP contribution < -0.4 is 9.08 Å². The van der Waals surface area contributed by atoms with Crippen LogP contribution in [0.1, 0.15) is 0 Å². The summed E-state index contributed by atoms with van der Waals surface area (Å²) in [7, 11) is -0.727. The number of hydrogen-bond acceptors (Lipinski definition) is 4. The van der Waals surface area contributed by atoms with E-state index in [1.165, 1.54) is 6.07 Å². The van der Waals surface area contributed by atoms with E-state index in [0.29, 0.717) is 5.39 Å². The molecule has 0 aliphatic heterocycles. The van der Waals surface area contributed by atoms with Gasteiger partial charge in [0.2, 0.25) is 0 Å². The van der Waals surface area contributed by atoms with Crippen LogP contribution >= 0.6 is 0 Å². The van der Waals surface area contributed by atoms with Gasteiger partial charge in [-0.1, -0.05) is 24.3 Å². The minimum Gasteiger partial charge on any atom is -0.377 e. The first-order valence-electron chi connectivity index (χ1n) is 5.24. The molecular formula is C12H13NO4S. The lowest BCUT2D eigenvalue weighted by molar-refractivity contribution is 0.388. The lowest BCUT2D eigenvalue weighted by Gasteiger charge is -2.16. The van der Waals surface area contributed by atoms with Crippen molar-refractivity contribution in [2.75, 3.05) is 19.0 Å². The SMILES string of the molecule is CN(C)c1cccc2c(OS(=O)(=O)O)cccc12. The first-order chi connectivity index (χ1) is 8.38. The Bertz CT molecular complexity index is 680. The molecule has 18 heavy (non-hydrogen) atoms. The largest absolute Gasteiger partial charge is 0.446 e. The third kappa shape index (κ3) is 2.55. The van der Waals surface area contributed by atoms with E-state index >= 15 is 0 Å². The summed E-state index contributed by atoms with van der Waals surface area (Å²) >= 11 is 0. The molecule has 0 spiro atoms. The average Bonchev–Trinajstić information content (AvgIpc) is 2.26. The first-order valence-corrected chi connectivity index (χ1v) is 6.61. The molecule has 0 fully saturated rings. The van der Waals surface area contributed by atoms with E-state index in [9.17, 15) is 8.42 Å². The minimum absolute atomic E-state index is 0.110. The second-order valence-corrected chi connectivity index (χ2v) is 5.06. The third-order valence-electron chi connectivity index (χ3n) is 2.54. The quantitative estimate of drug-likeness (QED) is 0.862. The Hall–Kier alpha value is -1.79. The maximum absolute atomic E-state index is 10.8. The van der Waals surface area contributed by atoms with Crippen LogP contribution in [0.15, 0.2) is 36.4 Å². The summed E-state index contributed by atoms with van der Waals surface area (Å²) in [5.41, 5.74) is 0.938. The van der Waals surface area contributed by atoms with E-state index in [0.717, 1.165) is 11.1 Å². The Morgan fingerprint density at radius 3 is 2.28 bits per heavy atom. The summed E-state index contributed by atoms with van der Waals surface area (Å²) in [6, 6.07) is 10.5. The number of benzene rings is 2. The molecule has 0 saturated carbocycles. The standard InChI is InChI=1S/C12H13NO4S/c1-13(2)11-7-3-6-10-9(11)5-4-8-12(10)17-18(14,15)16/h3-8H,1-2H3,(H,14,15,16). The number of nitrogens with zero attached hydrogens (tertiary/aromatic N) is 1. The molecule has 0 aromatic heterocycles. The molecule has 6 heteroatoms. The fraction of sp³-hybridized carbons (Fsp3) is 0.167. The highest BCUT2D eigenvalue weighted by atomic mass is 32.3. The van der Waals surface area contributed by atoms with E-state index in [1.54, 1.807) is 18.2 Å². The molecule has 0 bridgehead atoms. The summed E-state index contributed by atoms with van der Waals surface area (Å²) in [5.74, 6) is 0.110. The minimum atomic E-state index is -4.52. The second kappa shape index (κ2) is 4.47. The maximum Gasteiger partial charge on any atom is 0.446 e. The van der Waals surface area contributed by atoms with E-state index in [1.807, 2.05) is 31.1 Å². The van der Waals surface area contributed by atoms with E-state index in [-0.39, 0.29) is 5.75 Å². The molecule has 0 aliphatic rings. The van der Waals surface area contributed by atoms with Crippen LogP contribution in [-0.2, 0) is 10.4 Å². The molecule has 0 aliphatic carbocycles. The van der Waals surface area contributed by atoms with Crippen molar-refractivity contribution in [3.05, 3.63) is 36.4 Å². The van der Waals surface area contributed by atoms with Crippen LogP contribution in [-0.4, -0.2) is 27.1 Å². The molecule has 0 atom stereocenters. The monoisotopic (exact) mass is 267 g/mol. The molecule has 5 nitrogen and oxygen atoms in total. The van der Waals surface area contributed by atoms with Gasteiger partial charge in [0, 0.05) is 30.6 Å². The van der Waals surface area contributed by atoms with E-state index < -0.39 is 10.4 Å². The van der Waals surface area contributed by atoms with Crippen LogP contribution in [0.4, 0.5) is 5.69 Å². The highest BCUT2D eigenvalue weighted by molar-refractivity contribution is 7.81. The van der Waals surface area contributed by atoms with Crippen LogP contribution in [0.25, 0.3) is 10.8 Å². The molecule has 1 N–H and O–H groups in total. The van der Waals surface area contributed by atoms with Crippen molar-refractivity contribution in [1.29, 1.82) is 0 Å². The van der Waals surface area contributed by atoms with Crippen LogP contribution in [0, 0.1) is 0 Å². The lowest BCUT2D eigenvalue weighted by atomic mass is 10.1. The number of anilines is 1. The molecule has 2 aromatic rings. The van der Waals surface area contributed by atoms with Gasteiger partial charge in [0.15, 0.2) is 5.75 Å². The molecule has 0 heterocycles. The summed E-state index contributed by atoms with van der Waals surface area (Å²) in [6.07, 6.45) is 0. The Morgan fingerprint density at radius 1 is 1.06 bits per heavy atom. The normalized spacial score (nSPS) is 11.5. The van der Waals surface area contributed by atoms with Gasteiger partial charge in [0.25, 0.3) is 0 Å². The second-order valence-electron chi connectivity index (χ2n) is 4.03. The summed E-state index contributed by atoms with van der Waals surface area (Å²) < 4.78 is 34.9. The predicted molar refractivity (Wildman–Crippen MR) is 70.5 cm³/mol. The molecular weight excluding hydrogens is 254 g/mol. The smallest absolute Gasteiger partial charge is 0.377 e. The maximum atomic E-state index is 10.8. The molecule has 0 amide bonds. The molecule has 0 radical (unpaired) electrons. The van der Waals surface area contributed by atoms with Gasteiger partial charge in [-0.05, 0) is 12.1 Å². The van der Waals surface area contributed by atoms with Gasteiger partial charge < -0.3 is 9.08 Å². The highest BCUT2D eigenvalue weighted by Crippen LogP contribution is 2.32. The zero-order valence-electron chi connectivity index (χ0n) is 9.99. The van der Waals surface area contributed by atoms with Gasteiger partial charge in [-0.3, -0.25) is 4.55 Å². The number of fused-ring (bicyclic) bond motifs is 1. The van der Waals surface area contributed by atoms with E-state index in [4.69, 9.17) is 4.55 Å². The van der Waals surface area contributed by atoms with Crippen molar-refractivity contribution in [2.45, 2.75) is 0 Å². The fourth-order valence-electron chi connectivity index (χ4n) is 1.84. The Morgan fingerprint density at radius 2 is 1.67 bits per heavy atom. The molecule has 96 valence electrons. The Labute approximate surface area is 106 Å². The predicted octanol–water partition coefficient (Wildman–Crippen LogP) is 2.09. The van der Waals surface area contributed by atoms with Crippen molar-refractivity contribution in [2.24, 2.45) is 0 Å². The van der Waals surface area contributed by atoms with Crippen LogP contribution in [0.3, 0.4) is 0 Å². The topological polar surface area (TPSA) is 66.8 Å². The summed E-state index contributed by atoms with van der Waals surface area (Å²) in [6.45, 7) is 0. The highest BCUT2D eigenvalue weighted by Gasteiger charge is 2.12. The number of hydrogen-bond donors (Lipinski definition) is 1. The molecule has 2 aromatic carbocycles. The van der Waals surface area contributed by atoms with Gasteiger partial charge >= 0.3 is 10.4 Å². The zero-order chi connectivity index (χ0) is 13.3. The Kier molecular flexibility index (Phi) is 3.14. The van der Waals surface area contributed by atoms with Crippen molar-refractivity contribution >= 4 is 26.9 Å².